The highest BCUT2D eigenvalue weighted by Gasteiger charge is 2.43. The van der Waals surface area contributed by atoms with Gasteiger partial charge < -0.3 is 10.4 Å². The normalized spacial score (nSPS) is 18.6. The first kappa shape index (κ1) is 17.1. The van der Waals surface area contributed by atoms with Crippen molar-refractivity contribution >= 4 is 11.9 Å². The van der Waals surface area contributed by atoms with Crippen LogP contribution >= 0.6 is 0 Å². The molecule has 4 nitrogen and oxygen atoms in total. The van der Waals surface area contributed by atoms with Gasteiger partial charge in [-0.05, 0) is 54.2 Å². The second kappa shape index (κ2) is 7.01. The van der Waals surface area contributed by atoms with Crippen LogP contribution in [0.5, 0.6) is 0 Å². The number of rotatable bonds is 6. The summed E-state index contributed by atoms with van der Waals surface area (Å²) in [6.45, 7) is 0.437. The molecule has 2 aromatic rings. The fourth-order valence-corrected chi connectivity index (χ4v) is 2.87. The van der Waals surface area contributed by atoms with Crippen LogP contribution < -0.4 is 5.32 Å². The summed E-state index contributed by atoms with van der Waals surface area (Å²) in [5.41, 5.74) is 1.79. The van der Waals surface area contributed by atoms with Crippen molar-refractivity contribution in [3.8, 4) is 0 Å². The minimum Gasteiger partial charge on any atom is -0.478 e. The first-order chi connectivity index (χ1) is 12.0. The maximum atomic E-state index is 13.3. The lowest BCUT2D eigenvalue weighted by Gasteiger charge is -2.06. The largest absolute Gasteiger partial charge is 0.478 e. The molecule has 1 aliphatic rings. The predicted molar refractivity (Wildman–Crippen MR) is 87.3 cm³/mol. The minimum atomic E-state index is -0.975. The molecule has 2 atom stereocenters. The average Bonchev–Trinajstić information content (AvgIpc) is 3.38. The second-order valence-electron chi connectivity index (χ2n) is 6.17. The van der Waals surface area contributed by atoms with Gasteiger partial charge in [-0.25, -0.2) is 13.6 Å². The standard InChI is InChI=1S/C19H17F2NO3/c20-16-6-5-13(9-17(16)21)14-10-15(14)18(23)22-8-7-11-1-3-12(4-2-11)19(24)25/h1-6,9,14-15H,7-8,10H2,(H,22,23)(H,24,25). The maximum absolute atomic E-state index is 13.3. The third kappa shape index (κ3) is 4.02. The smallest absolute Gasteiger partial charge is 0.335 e. The van der Waals surface area contributed by atoms with Gasteiger partial charge in [-0.1, -0.05) is 18.2 Å². The topological polar surface area (TPSA) is 66.4 Å². The molecule has 0 heterocycles. The number of carboxylic acid groups (broad SMARTS) is 1. The van der Waals surface area contributed by atoms with E-state index in [2.05, 4.69) is 5.32 Å². The molecular weight excluding hydrogens is 328 g/mol. The monoisotopic (exact) mass is 345 g/mol. The van der Waals surface area contributed by atoms with Crippen molar-refractivity contribution in [1.82, 2.24) is 5.32 Å². The summed E-state index contributed by atoms with van der Waals surface area (Å²) in [4.78, 5) is 22.9. The maximum Gasteiger partial charge on any atom is 0.335 e. The number of carboxylic acids is 1. The average molecular weight is 345 g/mol. The molecule has 1 saturated carbocycles. The van der Waals surface area contributed by atoms with E-state index in [1.807, 2.05) is 0 Å². The Hall–Kier alpha value is -2.76. The molecule has 2 unspecified atom stereocenters. The van der Waals surface area contributed by atoms with Crippen molar-refractivity contribution in [1.29, 1.82) is 0 Å². The van der Waals surface area contributed by atoms with Gasteiger partial charge in [0, 0.05) is 12.5 Å². The SMILES string of the molecule is O=C(O)c1ccc(CCNC(=O)C2CC2c2ccc(F)c(F)c2)cc1. The quantitative estimate of drug-likeness (QED) is 0.845. The van der Waals surface area contributed by atoms with Gasteiger partial charge in [-0.3, -0.25) is 4.79 Å². The van der Waals surface area contributed by atoms with Crippen LogP contribution in [0.3, 0.4) is 0 Å². The van der Waals surface area contributed by atoms with E-state index in [4.69, 9.17) is 5.11 Å². The first-order valence-corrected chi connectivity index (χ1v) is 8.00. The highest BCUT2D eigenvalue weighted by Crippen LogP contribution is 2.47. The van der Waals surface area contributed by atoms with Gasteiger partial charge in [0.25, 0.3) is 0 Å². The van der Waals surface area contributed by atoms with Crippen LogP contribution in [0.4, 0.5) is 8.78 Å². The van der Waals surface area contributed by atoms with Crippen LogP contribution in [0.25, 0.3) is 0 Å². The second-order valence-corrected chi connectivity index (χ2v) is 6.17. The zero-order chi connectivity index (χ0) is 18.0. The van der Waals surface area contributed by atoms with Gasteiger partial charge >= 0.3 is 5.97 Å². The Morgan fingerprint density at radius 3 is 2.44 bits per heavy atom. The van der Waals surface area contributed by atoms with Crippen molar-refractivity contribution in [2.24, 2.45) is 5.92 Å². The summed E-state index contributed by atoms with van der Waals surface area (Å²) in [6, 6.07) is 10.2. The van der Waals surface area contributed by atoms with Gasteiger partial charge in [0.15, 0.2) is 11.6 Å². The van der Waals surface area contributed by atoms with E-state index < -0.39 is 17.6 Å². The van der Waals surface area contributed by atoms with Crippen LogP contribution in [0.15, 0.2) is 42.5 Å². The number of aromatic carboxylic acids is 1. The van der Waals surface area contributed by atoms with Crippen molar-refractivity contribution in [2.45, 2.75) is 18.8 Å². The molecule has 2 aromatic carbocycles. The van der Waals surface area contributed by atoms with Crippen LogP contribution in [0.1, 0.15) is 33.8 Å². The lowest BCUT2D eigenvalue weighted by atomic mass is 10.1. The molecule has 25 heavy (non-hydrogen) atoms. The number of hydrogen-bond acceptors (Lipinski definition) is 2. The van der Waals surface area contributed by atoms with Crippen molar-refractivity contribution in [3.05, 3.63) is 70.8 Å². The number of amides is 1. The summed E-state index contributed by atoms with van der Waals surface area (Å²) in [5, 5.41) is 11.7. The minimum absolute atomic E-state index is 0.0649. The fourth-order valence-electron chi connectivity index (χ4n) is 2.87. The molecule has 6 heteroatoms. The zero-order valence-corrected chi connectivity index (χ0v) is 13.3. The Balaban J connectivity index is 1.47. The van der Waals surface area contributed by atoms with Gasteiger partial charge in [0.2, 0.25) is 5.91 Å². The molecule has 0 aliphatic heterocycles. The molecule has 0 aromatic heterocycles. The van der Waals surface area contributed by atoms with Crippen LogP contribution in [-0.2, 0) is 11.2 Å². The van der Waals surface area contributed by atoms with Crippen molar-refractivity contribution < 1.29 is 23.5 Å². The van der Waals surface area contributed by atoms with Crippen molar-refractivity contribution in [2.75, 3.05) is 6.54 Å². The number of benzene rings is 2. The molecule has 0 saturated heterocycles. The Morgan fingerprint density at radius 2 is 1.80 bits per heavy atom. The van der Waals surface area contributed by atoms with E-state index >= 15 is 0 Å². The zero-order valence-electron chi connectivity index (χ0n) is 13.3. The summed E-state index contributed by atoms with van der Waals surface area (Å²) in [5.74, 6) is -3.13. The summed E-state index contributed by atoms with van der Waals surface area (Å²) >= 11 is 0. The number of halogens is 2. The number of nitrogens with one attached hydrogen (secondary N) is 1. The molecule has 1 aliphatic carbocycles. The summed E-state index contributed by atoms with van der Waals surface area (Å²) in [6.07, 6.45) is 1.22. The number of hydrogen-bond donors (Lipinski definition) is 2. The third-order valence-electron chi connectivity index (χ3n) is 4.41. The molecular formula is C19H17F2NO3. The Kier molecular flexibility index (Phi) is 4.79. The molecule has 0 bridgehead atoms. The van der Waals surface area contributed by atoms with Gasteiger partial charge in [-0.2, -0.15) is 0 Å². The Bertz CT molecular complexity index is 805. The van der Waals surface area contributed by atoms with E-state index in [-0.39, 0.29) is 23.3 Å². The lowest BCUT2D eigenvalue weighted by molar-refractivity contribution is -0.122. The van der Waals surface area contributed by atoms with E-state index in [0.717, 1.165) is 17.7 Å². The van der Waals surface area contributed by atoms with Crippen LogP contribution in [0, 0.1) is 17.6 Å². The van der Waals surface area contributed by atoms with Gasteiger partial charge in [-0.15, -0.1) is 0 Å². The van der Waals surface area contributed by atoms with E-state index in [9.17, 15) is 18.4 Å². The van der Waals surface area contributed by atoms with Gasteiger partial charge in [0.05, 0.1) is 5.56 Å². The molecule has 0 spiro atoms. The highest BCUT2D eigenvalue weighted by atomic mass is 19.2. The lowest BCUT2D eigenvalue weighted by Crippen LogP contribution is -2.27. The Labute approximate surface area is 143 Å². The molecule has 130 valence electrons. The number of carbonyl (C=O) groups is 2. The molecule has 2 N–H and O–H groups in total. The fraction of sp³-hybridized carbons (Fsp3) is 0.263. The van der Waals surface area contributed by atoms with Gasteiger partial charge in [0.1, 0.15) is 0 Å². The Morgan fingerprint density at radius 1 is 1.08 bits per heavy atom. The first-order valence-electron chi connectivity index (χ1n) is 8.00. The summed E-state index contributed by atoms with van der Waals surface area (Å²) < 4.78 is 26.2. The molecule has 1 amide bonds. The third-order valence-corrected chi connectivity index (χ3v) is 4.41. The molecule has 3 rings (SSSR count). The van der Waals surface area contributed by atoms with E-state index in [1.165, 1.54) is 18.2 Å². The summed E-state index contributed by atoms with van der Waals surface area (Å²) in [7, 11) is 0. The van der Waals surface area contributed by atoms with E-state index in [0.29, 0.717) is 24.9 Å². The van der Waals surface area contributed by atoms with Crippen molar-refractivity contribution in [3.63, 3.8) is 0 Å². The molecule has 0 radical (unpaired) electrons. The van der Waals surface area contributed by atoms with Crippen LogP contribution in [0.2, 0.25) is 0 Å². The molecule has 1 fully saturated rings. The van der Waals surface area contributed by atoms with E-state index in [1.54, 1.807) is 12.1 Å². The van der Waals surface area contributed by atoms with Crippen LogP contribution in [-0.4, -0.2) is 23.5 Å². The number of carbonyl (C=O) groups excluding carboxylic acids is 1. The predicted octanol–water partition coefficient (Wildman–Crippen LogP) is 3.13. The highest BCUT2D eigenvalue weighted by molar-refractivity contribution is 5.87.